The molecule has 1 aromatic heterocycles. The van der Waals surface area contributed by atoms with E-state index in [-0.39, 0.29) is 23.9 Å². The van der Waals surface area contributed by atoms with E-state index in [1.807, 2.05) is 62.4 Å². The van der Waals surface area contributed by atoms with Gasteiger partial charge in [-0.25, -0.2) is 4.98 Å². The molecule has 28 heavy (non-hydrogen) atoms. The molecule has 0 saturated heterocycles. The minimum Gasteiger partial charge on any atom is -0.459 e. The normalized spacial score (nSPS) is 18.9. The Labute approximate surface area is 166 Å². The van der Waals surface area contributed by atoms with Crippen LogP contribution in [0.25, 0.3) is 11.3 Å². The Morgan fingerprint density at radius 3 is 2.64 bits per heavy atom. The average molecular weight is 380 g/mol. The van der Waals surface area contributed by atoms with Gasteiger partial charge in [0.25, 0.3) is 0 Å². The topological polar surface area (TPSA) is 60.5 Å². The maximum absolute atomic E-state index is 12.5. The van der Waals surface area contributed by atoms with Gasteiger partial charge in [0, 0.05) is 17.2 Å². The molecule has 1 aliphatic carbocycles. The summed E-state index contributed by atoms with van der Waals surface area (Å²) in [5.41, 5.74) is 6.25. The third-order valence-electron chi connectivity index (χ3n) is 4.88. The van der Waals surface area contributed by atoms with Gasteiger partial charge in [-0.2, -0.15) is 0 Å². The zero-order valence-corrected chi connectivity index (χ0v) is 16.9. The highest BCUT2D eigenvalue weighted by Gasteiger charge is 2.58. The third-order valence-corrected chi connectivity index (χ3v) is 4.88. The van der Waals surface area contributed by atoms with Crippen molar-refractivity contribution in [2.45, 2.75) is 34.3 Å². The number of hydrogen-bond acceptors (Lipinski definition) is 5. The first kappa shape index (κ1) is 20.1. The second-order valence-electron chi connectivity index (χ2n) is 8.06. The van der Waals surface area contributed by atoms with Crippen molar-refractivity contribution in [1.82, 2.24) is 10.5 Å². The summed E-state index contributed by atoms with van der Waals surface area (Å²) < 4.78 is 5.54. The number of nitrogens with zero attached hydrogens (tertiary/aromatic N) is 1. The summed E-state index contributed by atoms with van der Waals surface area (Å²) in [5.74, 6) is -0.0354. The molecule has 5 heteroatoms. The number of hydrogen-bond donors (Lipinski definition) is 1. The Bertz CT molecular complexity index is 844. The molecule has 1 N–H and O–H groups in total. The molecule has 1 atom stereocenters. The summed E-state index contributed by atoms with van der Waals surface area (Å²) in [7, 11) is 0. The summed E-state index contributed by atoms with van der Waals surface area (Å²) in [6, 6.07) is 15.7. The van der Waals surface area contributed by atoms with Gasteiger partial charge < -0.3 is 4.74 Å². The Kier molecular flexibility index (Phi) is 6.15. The number of carbonyl (C=O) groups excluding carboxylic acids is 1. The Morgan fingerprint density at radius 1 is 1.18 bits per heavy atom. The van der Waals surface area contributed by atoms with E-state index in [0.29, 0.717) is 12.5 Å². The number of benzene rings is 1. The minimum atomic E-state index is -0.250. The second-order valence-corrected chi connectivity index (χ2v) is 8.06. The molecule has 0 radical (unpaired) electrons. The van der Waals surface area contributed by atoms with E-state index in [1.54, 1.807) is 6.20 Å². The number of ether oxygens (including phenoxy) is 1. The average Bonchev–Trinajstić information content (AvgIpc) is 3.24. The fourth-order valence-electron chi connectivity index (χ4n) is 3.15. The fraction of sp³-hybridized carbons (Fsp3) is 0.391. The maximum atomic E-state index is 12.5. The molecular formula is C23H28N2O3. The van der Waals surface area contributed by atoms with Gasteiger partial charge in [-0.15, -0.1) is 0 Å². The van der Waals surface area contributed by atoms with Crippen molar-refractivity contribution in [3.05, 3.63) is 66.0 Å². The van der Waals surface area contributed by atoms with E-state index in [1.165, 1.54) is 0 Å². The van der Waals surface area contributed by atoms with Crippen molar-refractivity contribution >= 4 is 5.97 Å². The molecule has 5 nitrogen and oxygen atoms in total. The van der Waals surface area contributed by atoms with Crippen LogP contribution in [0.2, 0.25) is 0 Å². The van der Waals surface area contributed by atoms with Gasteiger partial charge in [0.05, 0.1) is 23.9 Å². The van der Waals surface area contributed by atoms with Crippen molar-refractivity contribution in [1.29, 1.82) is 0 Å². The standard InChI is InChI=1S/C23H28N2O3/c1-16(2)14-28-24-13-19-21(23(19,3)4)22(26)27-15-18-11-8-12-20(25-18)17-9-6-5-7-10-17/h5-13,16,21,24H,14-15H2,1-4H3. The SMILES string of the molecule is CC(C)CONC=C1C(C(=O)OCc2cccc(-c3ccccc3)n2)C1(C)C. The summed E-state index contributed by atoms with van der Waals surface area (Å²) in [5, 5.41) is 0. The number of hydroxylamine groups is 1. The minimum absolute atomic E-state index is 0.163. The van der Waals surface area contributed by atoms with Gasteiger partial charge in [-0.3, -0.25) is 15.1 Å². The van der Waals surface area contributed by atoms with Crippen molar-refractivity contribution < 1.29 is 14.4 Å². The number of carbonyl (C=O) groups is 1. The fourth-order valence-corrected chi connectivity index (χ4v) is 3.15. The zero-order valence-electron chi connectivity index (χ0n) is 16.9. The van der Waals surface area contributed by atoms with Crippen molar-refractivity contribution in [2.75, 3.05) is 6.61 Å². The van der Waals surface area contributed by atoms with Gasteiger partial charge in [0.15, 0.2) is 0 Å². The first-order valence-electron chi connectivity index (χ1n) is 9.65. The zero-order chi connectivity index (χ0) is 20.1. The van der Waals surface area contributed by atoms with E-state index in [0.717, 1.165) is 22.5 Å². The van der Waals surface area contributed by atoms with Crippen LogP contribution >= 0.6 is 0 Å². The van der Waals surface area contributed by atoms with Crippen LogP contribution in [0.4, 0.5) is 0 Å². The van der Waals surface area contributed by atoms with E-state index in [9.17, 15) is 4.79 Å². The maximum Gasteiger partial charge on any atom is 0.314 e. The molecular weight excluding hydrogens is 352 g/mol. The van der Waals surface area contributed by atoms with Crippen molar-refractivity contribution in [3.8, 4) is 11.3 Å². The molecule has 1 fully saturated rings. The first-order valence-corrected chi connectivity index (χ1v) is 9.65. The van der Waals surface area contributed by atoms with E-state index < -0.39 is 0 Å². The number of nitrogens with one attached hydrogen (secondary N) is 1. The lowest BCUT2D eigenvalue weighted by Crippen LogP contribution is -2.12. The van der Waals surface area contributed by atoms with Crippen molar-refractivity contribution in [3.63, 3.8) is 0 Å². The summed E-state index contributed by atoms with van der Waals surface area (Å²) in [6.07, 6.45) is 1.78. The molecule has 0 amide bonds. The van der Waals surface area contributed by atoms with Gasteiger partial charge in [-0.05, 0) is 23.6 Å². The Hall–Kier alpha value is -2.66. The number of rotatable bonds is 8. The van der Waals surface area contributed by atoms with Crippen LogP contribution in [-0.2, 0) is 21.0 Å². The predicted octanol–water partition coefficient (Wildman–Crippen LogP) is 4.51. The highest BCUT2D eigenvalue weighted by molar-refractivity contribution is 5.83. The second kappa shape index (κ2) is 8.57. The van der Waals surface area contributed by atoms with Gasteiger partial charge in [0.1, 0.15) is 6.61 Å². The van der Waals surface area contributed by atoms with Crippen LogP contribution in [0.5, 0.6) is 0 Å². The van der Waals surface area contributed by atoms with Crippen LogP contribution in [0.3, 0.4) is 0 Å². The van der Waals surface area contributed by atoms with Crippen LogP contribution in [0.15, 0.2) is 60.3 Å². The lowest BCUT2D eigenvalue weighted by atomic mass is 10.1. The van der Waals surface area contributed by atoms with Gasteiger partial charge in [0.2, 0.25) is 0 Å². The number of esters is 1. The molecule has 0 spiro atoms. The van der Waals surface area contributed by atoms with Crippen LogP contribution in [-0.4, -0.2) is 17.6 Å². The van der Waals surface area contributed by atoms with Crippen molar-refractivity contribution in [2.24, 2.45) is 17.3 Å². The predicted molar refractivity (Wildman–Crippen MR) is 109 cm³/mol. The van der Waals surface area contributed by atoms with Gasteiger partial charge >= 0.3 is 5.97 Å². The molecule has 1 aliphatic rings. The van der Waals surface area contributed by atoms with Crippen LogP contribution < -0.4 is 5.48 Å². The lowest BCUT2D eigenvalue weighted by molar-refractivity contribution is -0.147. The smallest absolute Gasteiger partial charge is 0.314 e. The molecule has 1 unspecified atom stereocenters. The summed E-state index contributed by atoms with van der Waals surface area (Å²) in [4.78, 5) is 22.5. The Morgan fingerprint density at radius 2 is 1.93 bits per heavy atom. The summed E-state index contributed by atoms with van der Waals surface area (Å²) in [6.45, 7) is 9.00. The molecule has 0 bridgehead atoms. The number of pyridine rings is 1. The van der Waals surface area contributed by atoms with Crippen LogP contribution in [0.1, 0.15) is 33.4 Å². The molecule has 3 rings (SSSR count). The van der Waals surface area contributed by atoms with Crippen LogP contribution in [0, 0.1) is 17.3 Å². The number of aromatic nitrogens is 1. The molecule has 2 aromatic rings. The largest absolute Gasteiger partial charge is 0.459 e. The van der Waals surface area contributed by atoms with E-state index in [4.69, 9.17) is 9.57 Å². The Balaban J connectivity index is 1.56. The van der Waals surface area contributed by atoms with Gasteiger partial charge in [-0.1, -0.05) is 64.1 Å². The quantitative estimate of drug-likeness (QED) is 0.415. The third kappa shape index (κ3) is 4.78. The first-order chi connectivity index (χ1) is 13.4. The van der Waals surface area contributed by atoms with E-state index in [2.05, 4.69) is 24.3 Å². The summed E-state index contributed by atoms with van der Waals surface area (Å²) >= 11 is 0. The molecule has 148 valence electrons. The lowest BCUT2D eigenvalue weighted by Gasteiger charge is -2.07. The monoisotopic (exact) mass is 380 g/mol. The molecule has 1 aromatic carbocycles. The highest BCUT2D eigenvalue weighted by atomic mass is 16.6. The highest BCUT2D eigenvalue weighted by Crippen LogP contribution is 2.58. The molecule has 0 aliphatic heterocycles. The van der Waals surface area contributed by atoms with E-state index >= 15 is 0 Å². The molecule has 1 saturated carbocycles. The molecule has 1 heterocycles.